The molecule has 214 valence electrons. The number of aliphatic hydroxyl groups excluding tert-OH is 1. The molecule has 2 aromatic carbocycles. The predicted octanol–water partition coefficient (Wildman–Crippen LogP) is 6.70. The Morgan fingerprint density at radius 2 is 1.80 bits per heavy atom. The van der Waals surface area contributed by atoms with Crippen LogP contribution in [-0.2, 0) is 6.54 Å². The first-order valence-corrected chi connectivity index (χ1v) is 13.0. The number of aromatic nitrogens is 2. The van der Waals surface area contributed by atoms with Crippen molar-refractivity contribution in [1.29, 1.82) is 0 Å². The van der Waals surface area contributed by atoms with E-state index in [9.17, 15) is 36.6 Å². The molecule has 2 atom stereocenters. The van der Waals surface area contributed by atoms with Crippen molar-refractivity contribution in [3.8, 4) is 21.9 Å². The number of benzene rings is 2. The van der Waals surface area contributed by atoms with Crippen molar-refractivity contribution in [1.82, 2.24) is 9.55 Å². The van der Waals surface area contributed by atoms with Gasteiger partial charge in [-0.1, -0.05) is 29.3 Å². The van der Waals surface area contributed by atoms with E-state index in [1.54, 1.807) is 19.1 Å². The molecule has 1 unspecified atom stereocenters. The molecule has 0 radical (unpaired) electrons. The molecule has 2 N–H and O–H groups in total. The van der Waals surface area contributed by atoms with Crippen LogP contribution in [0.3, 0.4) is 0 Å². The van der Waals surface area contributed by atoms with Gasteiger partial charge in [0.05, 0.1) is 11.9 Å². The third-order valence-corrected chi connectivity index (χ3v) is 7.79. The summed E-state index contributed by atoms with van der Waals surface area (Å²) in [5.74, 6) is -0.966. The first-order valence-electron chi connectivity index (χ1n) is 11.4. The second-order valence-electron chi connectivity index (χ2n) is 8.64. The molecule has 2 heterocycles. The minimum absolute atomic E-state index is 0.0364. The van der Waals surface area contributed by atoms with Gasteiger partial charge in [-0.05, 0) is 55.3 Å². The standard InChI is InChI=1S/C25H19Cl2F5N2O5S/c1-10-19-22(36)33-24(37)34(9-16(35)21(28)29)23(19)40-20(10)12-3-6-17(18(7-12)39-25(30,31)32)38-11(2)14-5-4-13(26)8-15(14)27/h3-8,11,16,21,35H,9H2,1-2H3,(H,33,36,37)/t11-,16?/m1/s1. The van der Waals surface area contributed by atoms with E-state index in [0.717, 1.165) is 22.0 Å². The van der Waals surface area contributed by atoms with Crippen LogP contribution in [0, 0.1) is 6.92 Å². The Kier molecular flexibility index (Phi) is 8.50. The lowest BCUT2D eigenvalue weighted by molar-refractivity contribution is -0.275. The average Bonchev–Trinajstić information content (AvgIpc) is 3.19. The number of ether oxygens (including phenoxy) is 2. The number of hydrogen-bond acceptors (Lipinski definition) is 6. The second-order valence-corrected chi connectivity index (χ2v) is 10.5. The Hall–Kier alpha value is -3.13. The third kappa shape index (κ3) is 6.27. The highest BCUT2D eigenvalue weighted by Gasteiger charge is 2.33. The highest BCUT2D eigenvalue weighted by atomic mass is 35.5. The summed E-state index contributed by atoms with van der Waals surface area (Å²) in [6.45, 7) is 2.24. The van der Waals surface area contributed by atoms with Crippen LogP contribution in [0.15, 0.2) is 46.0 Å². The number of aryl methyl sites for hydroxylation is 1. The predicted molar refractivity (Wildman–Crippen MR) is 141 cm³/mol. The molecule has 4 aromatic rings. The molecule has 0 fully saturated rings. The van der Waals surface area contributed by atoms with E-state index in [-0.39, 0.29) is 37.0 Å². The summed E-state index contributed by atoms with van der Waals surface area (Å²) < 4.78 is 76.7. The van der Waals surface area contributed by atoms with E-state index in [1.807, 2.05) is 4.98 Å². The molecule has 0 aliphatic carbocycles. The Bertz CT molecular complexity index is 1690. The van der Waals surface area contributed by atoms with Gasteiger partial charge in [0, 0.05) is 20.5 Å². The second kappa shape index (κ2) is 11.4. The van der Waals surface area contributed by atoms with Crippen molar-refractivity contribution >= 4 is 44.8 Å². The molecular weight excluding hydrogens is 606 g/mol. The molecular formula is C25H19Cl2F5N2O5S. The van der Waals surface area contributed by atoms with Gasteiger partial charge in [0.25, 0.3) is 12.0 Å². The van der Waals surface area contributed by atoms with E-state index in [2.05, 4.69) is 4.74 Å². The Labute approximate surface area is 236 Å². The fraction of sp³-hybridized carbons (Fsp3) is 0.280. The zero-order valence-electron chi connectivity index (χ0n) is 20.5. The summed E-state index contributed by atoms with van der Waals surface area (Å²) in [6.07, 6.45) is -11.3. The number of alkyl halides is 5. The summed E-state index contributed by atoms with van der Waals surface area (Å²) in [7, 11) is 0. The minimum atomic E-state index is -5.09. The molecule has 7 nitrogen and oxygen atoms in total. The molecule has 0 aliphatic rings. The number of hydrogen-bond donors (Lipinski definition) is 2. The number of halogens is 7. The summed E-state index contributed by atoms with van der Waals surface area (Å²) in [5.41, 5.74) is -0.950. The van der Waals surface area contributed by atoms with Crippen molar-refractivity contribution in [2.75, 3.05) is 0 Å². The highest BCUT2D eigenvalue weighted by Crippen LogP contribution is 2.43. The van der Waals surface area contributed by atoms with Gasteiger partial charge in [0.1, 0.15) is 17.0 Å². The third-order valence-electron chi connectivity index (χ3n) is 5.86. The Morgan fingerprint density at radius 1 is 1.10 bits per heavy atom. The Balaban J connectivity index is 1.81. The van der Waals surface area contributed by atoms with Crippen LogP contribution < -0.4 is 20.7 Å². The van der Waals surface area contributed by atoms with Crippen molar-refractivity contribution < 1.29 is 36.5 Å². The molecule has 15 heteroatoms. The van der Waals surface area contributed by atoms with Gasteiger partial charge >= 0.3 is 12.1 Å². The van der Waals surface area contributed by atoms with Crippen LogP contribution in [0.5, 0.6) is 11.5 Å². The van der Waals surface area contributed by atoms with Crippen molar-refractivity contribution in [2.24, 2.45) is 0 Å². The number of thiophene rings is 1. The summed E-state index contributed by atoms with van der Waals surface area (Å²) in [4.78, 5) is 27.2. The van der Waals surface area contributed by atoms with Gasteiger partial charge in [-0.15, -0.1) is 24.5 Å². The number of rotatable bonds is 8. The lowest BCUT2D eigenvalue weighted by Gasteiger charge is -2.20. The average molecular weight is 625 g/mol. The van der Waals surface area contributed by atoms with Gasteiger partial charge in [0.2, 0.25) is 0 Å². The summed E-state index contributed by atoms with van der Waals surface area (Å²) in [6, 6.07) is 8.26. The van der Waals surface area contributed by atoms with E-state index in [1.165, 1.54) is 25.1 Å². The largest absolute Gasteiger partial charge is 0.573 e. The number of aliphatic hydroxyl groups is 1. The topological polar surface area (TPSA) is 93.5 Å². The molecule has 0 bridgehead atoms. The number of fused-ring (bicyclic) bond motifs is 1. The van der Waals surface area contributed by atoms with Gasteiger partial charge in [-0.2, -0.15) is 0 Å². The molecule has 2 aromatic heterocycles. The first-order chi connectivity index (χ1) is 18.7. The lowest BCUT2D eigenvalue weighted by Crippen LogP contribution is -2.35. The van der Waals surface area contributed by atoms with Crippen molar-refractivity contribution in [2.45, 2.75) is 45.4 Å². The summed E-state index contributed by atoms with van der Waals surface area (Å²) in [5, 5.41) is 10.2. The maximum absolute atomic E-state index is 13.3. The monoisotopic (exact) mass is 624 g/mol. The minimum Gasteiger partial charge on any atom is -0.482 e. The smallest absolute Gasteiger partial charge is 0.482 e. The number of nitrogens with zero attached hydrogens (tertiary/aromatic N) is 1. The zero-order valence-corrected chi connectivity index (χ0v) is 22.8. The maximum atomic E-state index is 13.3. The van der Waals surface area contributed by atoms with Crippen LogP contribution in [0.1, 0.15) is 24.2 Å². The summed E-state index contributed by atoms with van der Waals surface area (Å²) >= 11 is 12.9. The van der Waals surface area contributed by atoms with Crippen LogP contribution in [0.25, 0.3) is 20.7 Å². The lowest BCUT2D eigenvalue weighted by atomic mass is 10.1. The van der Waals surface area contributed by atoms with E-state index in [0.29, 0.717) is 10.6 Å². The van der Waals surface area contributed by atoms with Gasteiger partial charge in [-0.3, -0.25) is 14.3 Å². The first kappa shape index (κ1) is 29.8. The van der Waals surface area contributed by atoms with Crippen LogP contribution >= 0.6 is 34.5 Å². The fourth-order valence-corrected chi connectivity index (χ4v) is 5.89. The molecule has 4 rings (SSSR count). The normalized spacial score (nSPS) is 13.6. The molecule has 0 saturated heterocycles. The number of aromatic amines is 1. The molecule has 0 aliphatic heterocycles. The molecule has 0 saturated carbocycles. The van der Waals surface area contributed by atoms with Gasteiger partial charge in [-0.25, -0.2) is 13.6 Å². The fourth-order valence-electron chi connectivity index (χ4n) is 4.02. The maximum Gasteiger partial charge on any atom is 0.573 e. The quantitative estimate of drug-likeness (QED) is 0.213. The van der Waals surface area contributed by atoms with E-state index < -0.39 is 48.5 Å². The van der Waals surface area contributed by atoms with Crippen molar-refractivity contribution in [3.63, 3.8) is 0 Å². The Morgan fingerprint density at radius 3 is 2.42 bits per heavy atom. The van der Waals surface area contributed by atoms with Crippen molar-refractivity contribution in [3.05, 3.63) is 78.4 Å². The molecule has 40 heavy (non-hydrogen) atoms. The molecule has 0 amide bonds. The van der Waals surface area contributed by atoms with Gasteiger partial charge in [0.15, 0.2) is 11.5 Å². The highest BCUT2D eigenvalue weighted by molar-refractivity contribution is 7.22. The SMILES string of the molecule is Cc1c(-c2ccc(O[C@H](C)c3ccc(Cl)cc3Cl)c(OC(F)(F)F)c2)sc2c1c(=O)[nH]c(=O)n2CC(O)C(F)F. The van der Waals surface area contributed by atoms with Gasteiger partial charge < -0.3 is 14.6 Å². The van der Waals surface area contributed by atoms with E-state index in [4.69, 9.17) is 27.9 Å². The van der Waals surface area contributed by atoms with E-state index >= 15 is 0 Å². The number of nitrogens with one attached hydrogen (secondary N) is 1. The van der Waals surface area contributed by atoms with Crippen LogP contribution in [0.2, 0.25) is 10.0 Å². The zero-order chi connectivity index (χ0) is 29.5. The number of H-pyrrole nitrogens is 1. The van der Waals surface area contributed by atoms with Crippen LogP contribution in [-0.4, -0.2) is 33.5 Å². The molecule has 0 spiro atoms. The van der Waals surface area contributed by atoms with Crippen LogP contribution in [0.4, 0.5) is 22.0 Å².